The fourth-order valence-corrected chi connectivity index (χ4v) is 18.1. The molecule has 0 aliphatic carbocycles. The molecule has 0 spiro atoms. The third kappa shape index (κ3) is 27.0. The molecule has 8 aliphatic heterocycles. The molecule has 8 bridgehead atoms. The molecule has 3 N–H and O–H groups in total. The Morgan fingerprint density at radius 2 is 0.707 bits per heavy atom. The van der Waals surface area contributed by atoms with E-state index in [1.807, 2.05) is 119 Å². The lowest BCUT2D eigenvalue weighted by Crippen LogP contribution is -2.50. The van der Waals surface area contributed by atoms with Crippen molar-refractivity contribution in [3.05, 3.63) is 210 Å². The summed E-state index contributed by atoms with van der Waals surface area (Å²) in [6.07, 6.45) is 21.2. The van der Waals surface area contributed by atoms with Crippen LogP contribution in [0.2, 0.25) is 0 Å². The molecule has 8 aliphatic rings. The van der Waals surface area contributed by atoms with E-state index in [9.17, 15) is 41.4 Å². The zero-order valence-corrected chi connectivity index (χ0v) is 74.2. The quantitative estimate of drug-likeness (QED) is 0.0560. The molecule has 15 rings (SSSR count). The highest BCUT2D eigenvalue weighted by molar-refractivity contribution is 9.11. The number of nitrogens with zero attached hydrogens (tertiary/aromatic N) is 5. The molecule has 10 heterocycles. The molecular formula is C88H109Br3Cl3F5N6O11. The van der Waals surface area contributed by atoms with Gasteiger partial charge in [0, 0.05) is 114 Å². The number of ether oxygens (including phenoxy) is 6. The SMILES string of the molecule is CC(C)(C)OC(=O)N1C2CCC1CC(O)C2.CC(C)(C)OC(=O)N1C2CCC1CC(OCc1c(F)cccc1-c1ccncc1)C2.CC(C)(C)OC(=O)N1C2CCC1CC(OCc1c(F)cccc1Br)C2.Cl.Cl.Fc1cccc(-c2ccncc2)c1COC1CC2CCC(C1)N2.Fc1cccc(Br)c1CCl.OCc1c(F)cccc1Br. The minimum atomic E-state index is -0.502. The van der Waals surface area contributed by atoms with Crippen molar-refractivity contribution in [1.29, 1.82) is 0 Å². The summed E-state index contributed by atoms with van der Waals surface area (Å²) in [5.41, 5.74) is 4.76. The predicted molar refractivity (Wildman–Crippen MR) is 455 cm³/mol. The molecule has 8 unspecified atom stereocenters. The van der Waals surface area contributed by atoms with E-state index in [1.165, 1.54) is 43.2 Å². The van der Waals surface area contributed by atoms with Crippen molar-refractivity contribution >= 4 is 102 Å². The number of piperidine rings is 4. The number of aliphatic hydroxyl groups is 2. The van der Waals surface area contributed by atoms with E-state index >= 15 is 0 Å². The number of hydrogen-bond donors (Lipinski definition) is 3. The second-order valence-corrected chi connectivity index (χ2v) is 36.0. The van der Waals surface area contributed by atoms with E-state index in [0.717, 1.165) is 108 Å². The first kappa shape index (κ1) is 95.4. The van der Waals surface area contributed by atoms with Crippen LogP contribution >= 0.6 is 84.2 Å². The molecule has 7 aromatic rings. The molecule has 17 nitrogen and oxygen atoms in total. The van der Waals surface area contributed by atoms with Gasteiger partial charge in [0.25, 0.3) is 0 Å². The van der Waals surface area contributed by atoms with Crippen LogP contribution in [0.1, 0.15) is 193 Å². The van der Waals surface area contributed by atoms with Crippen LogP contribution in [0.4, 0.5) is 36.3 Å². The number of benzene rings is 5. The van der Waals surface area contributed by atoms with Gasteiger partial charge in [-0.3, -0.25) is 9.97 Å². The second-order valence-electron chi connectivity index (χ2n) is 33.2. The van der Waals surface area contributed by atoms with Crippen LogP contribution in [-0.2, 0) is 60.7 Å². The predicted octanol–water partition coefficient (Wildman–Crippen LogP) is 22.2. The number of aliphatic hydroxyl groups excluding tert-OH is 2. The second kappa shape index (κ2) is 43.9. The average Bonchev–Trinajstić information content (AvgIpc) is 1.74. The van der Waals surface area contributed by atoms with Crippen LogP contribution in [0.3, 0.4) is 0 Å². The van der Waals surface area contributed by atoms with Gasteiger partial charge < -0.3 is 58.7 Å². The Morgan fingerprint density at radius 1 is 0.422 bits per heavy atom. The number of hydrogen-bond acceptors (Lipinski definition) is 14. The number of fused-ring (bicyclic) bond motifs is 8. The summed E-state index contributed by atoms with van der Waals surface area (Å²) in [6.45, 7) is 17.5. The van der Waals surface area contributed by atoms with Crippen LogP contribution < -0.4 is 5.32 Å². The molecule has 2 aromatic heterocycles. The molecule has 5 aromatic carbocycles. The van der Waals surface area contributed by atoms with Crippen LogP contribution in [0, 0.1) is 29.1 Å². The van der Waals surface area contributed by atoms with Crippen LogP contribution in [0.15, 0.2) is 153 Å². The van der Waals surface area contributed by atoms with E-state index in [1.54, 1.807) is 67.3 Å². The average molecular weight is 1870 g/mol. The lowest BCUT2D eigenvalue weighted by atomic mass is 9.99. The lowest BCUT2D eigenvalue weighted by molar-refractivity contribution is -0.0410. The van der Waals surface area contributed by atoms with Gasteiger partial charge in [0.2, 0.25) is 0 Å². The highest BCUT2D eigenvalue weighted by Gasteiger charge is 2.48. The van der Waals surface area contributed by atoms with Gasteiger partial charge in [-0.25, -0.2) is 36.3 Å². The van der Waals surface area contributed by atoms with E-state index in [4.69, 9.17) is 45.1 Å². The number of amides is 3. The molecule has 8 atom stereocenters. The maximum Gasteiger partial charge on any atom is 0.410 e. The molecule has 634 valence electrons. The van der Waals surface area contributed by atoms with Gasteiger partial charge in [-0.05, 0) is 260 Å². The maximum atomic E-state index is 14.6. The molecule has 28 heteroatoms. The van der Waals surface area contributed by atoms with Crippen molar-refractivity contribution in [2.45, 2.75) is 287 Å². The molecular weight excluding hydrogens is 1760 g/mol. The van der Waals surface area contributed by atoms with Gasteiger partial charge in [-0.15, -0.1) is 36.4 Å². The highest BCUT2D eigenvalue weighted by atomic mass is 79.9. The van der Waals surface area contributed by atoms with Gasteiger partial charge in [0.1, 0.15) is 45.9 Å². The largest absolute Gasteiger partial charge is 0.444 e. The van der Waals surface area contributed by atoms with Crippen LogP contribution in [-0.4, -0.2) is 143 Å². The number of rotatable bonds is 13. The normalized spacial score (nSPS) is 23.3. The number of alkyl halides is 1. The number of carbonyl (C=O) groups is 3. The van der Waals surface area contributed by atoms with E-state index < -0.39 is 16.8 Å². The summed E-state index contributed by atoms with van der Waals surface area (Å²) in [4.78, 5) is 50.8. The summed E-state index contributed by atoms with van der Waals surface area (Å²) in [5.74, 6) is -1.16. The van der Waals surface area contributed by atoms with Crippen LogP contribution in [0.5, 0.6) is 0 Å². The number of nitrogens with one attached hydrogen (secondary N) is 1. The van der Waals surface area contributed by atoms with E-state index in [-0.39, 0.29) is 159 Å². The third-order valence-electron chi connectivity index (χ3n) is 21.4. The minimum Gasteiger partial charge on any atom is -0.444 e. The Morgan fingerprint density at radius 3 is 1.00 bits per heavy atom. The molecule has 116 heavy (non-hydrogen) atoms. The number of pyridine rings is 2. The zero-order valence-electron chi connectivity index (χ0n) is 67.1. The highest BCUT2D eigenvalue weighted by Crippen LogP contribution is 2.42. The zero-order chi connectivity index (χ0) is 82.2. The smallest absolute Gasteiger partial charge is 0.410 e. The van der Waals surface area contributed by atoms with Crippen molar-refractivity contribution in [3.63, 3.8) is 0 Å². The number of halogens is 11. The molecule has 3 amide bonds. The molecule has 8 fully saturated rings. The molecule has 0 saturated carbocycles. The van der Waals surface area contributed by atoms with Gasteiger partial charge in [-0.2, -0.15) is 0 Å². The Bertz CT molecular complexity index is 4170. The molecule has 8 saturated heterocycles. The first-order chi connectivity index (χ1) is 54.2. The van der Waals surface area contributed by atoms with Gasteiger partial charge >= 0.3 is 18.3 Å². The van der Waals surface area contributed by atoms with Gasteiger partial charge in [0.05, 0.1) is 56.7 Å². The topological polar surface area (TPSA) is 195 Å². The third-order valence-corrected chi connectivity index (χ3v) is 23.9. The van der Waals surface area contributed by atoms with Crippen molar-refractivity contribution in [3.8, 4) is 22.3 Å². The maximum absolute atomic E-state index is 14.6. The van der Waals surface area contributed by atoms with Gasteiger partial charge in [-0.1, -0.05) is 90.3 Å². The van der Waals surface area contributed by atoms with Gasteiger partial charge in [0.15, 0.2) is 0 Å². The van der Waals surface area contributed by atoms with Crippen molar-refractivity contribution in [1.82, 2.24) is 30.0 Å². The first-order valence-corrected chi connectivity index (χ1v) is 42.3. The number of aromatic nitrogens is 2. The summed E-state index contributed by atoms with van der Waals surface area (Å²) < 4.78 is 105. The summed E-state index contributed by atoms with van der Waals surface area (Å²) in [6, 6.07) is 34.3. The van der Waals surface area contributed by atoms with Crippen LogP contribution in [0.25, 0.3) is 22.3 Å². The monoisotopic (exact) mass is 1860 g/mol. The summed E-state index contributed by atoms with van der Waals surface area (Å²) in [7, 11) is 0. The fourth-order valence-electron chi connectivity index (χ4n) is 16.3. The van der Waals surface area contributed by atoms with E-state index in [2.05, 4.69) is 63.1 Å². The standard InChI is InChI=1S/C24H29FN2O3.C19H25BrFNO3.C19H21FN2O.C12H21NO3.C7H5BrClF.C7H6BrFO.2ClH/c1-24(2,3)30-23(28)27-17-7-8-18(27)14-19(13-17)29-15-21-20(5-4-6-22(21)25)16-9-11-26-12-10-16;1-19(2,3)25-18(23)22-12-7-8-13(22)10-14(9-12)24-11-15-16(20)5-4-6-17(15)21;20-19-3-1-2-17(13-6-8-21-9-7-13)18(19)12-23-16-10-14-4-5-15(11-16)22-14;1-12(2,3)16-11(15)13-8-4-5-9(13)7-10(14)6-8;8-6-2-1-3-7(10)5(6)4-9;8-6-2-1-3-7(9)5(6)4-10;;/h4-6,9-12,17-19H,7-8,13-15H2,1-3H3;4-6,12-14H,7-11H2,1-3H3;1-3,6-9,14-16,22H,4-5,10-12H2;8-10,14H,4-7H2,1-3H3;1-3H,4H2;1-3,10H,4H2;2*1H. The van der Waals surface area contributed by atoms with E-state index in [0.29, 0.717) is 63.8 Å². The van der Waals surface area contributed by atoms with Crippen molar-refractivity contribution in [2.24, 2.45) is 0 Å². The van der Waals surface area contributed by atoms with Crippen molar-refractivity contribution < 1.29 is 75.0 Å². The Labute approximate surface area is 721 Å². The van der Waals surface area contributed by atoms with Crippen molar-refractivity contribution in [2.75, 3.05) is 0 Å². The number of carbonyl (C=O) groups excluding carboxylic acids is 3. The molecule has 0 radical (unpaired) electrons. The Kier molecular flexibility index (Phi) is 36.1. The Hall–Kier alpha value is -6.07. The summed E-state index contributed by atoms with van der Waals surface area (Å²) >= 11 is 15.1. The fraction of sp³-hybridized carbons (Fsp3) is 0.511. The summed E-state index contributed by atoms with van der Waals surface area (Å²) in [5, 5.41) is 21.9. The Balaban J connectivity index is 0.000000180. The first-order valence-electron chi connectivity index (χ1n) is 39.4. The minimum absolute atomic E-state index is 0. The lowest BCUT2D eigenvalue weighted by Gasteiger charge is -2.39.